The zero-order valence-electron chi connectivity index (χ0n) is 8.79. The highest BCUT2D eigenvalue weighted by Gasteiger charge is 2.34. The van der Waals surface area contributed by atoms with Crippen molar-refractivity contribution in [1.29, 1.82) is 0 Å². The summed E-state index contributed by atoms with van der Waals surface area (Å²) in [7, 11) is 0. The third-order valence-electron chi connectivity index (χ3n) is 3.47. The van der Waals surface area contributed by atoms with E-state index in [1.807, 2.05) is 6.92 Å². The van der Waals surface area contributed by atoms with Gasteiger partial charge >= 0.3 is 5.97 Å². The predicted octanol–water partition coefficient (Wildman–Crippen LogP) is 2.69. The number of fused-ring (bicyclic) bond motifs is 1. The minimum absolute atomic E-state index is 0.150. The minimum Gasteiger partial charge on any atom is -0.463 e. The van der Waals surface area contributed by atoms with Gasteiger partial charge in [0.25, 0.3) is 0 Å². The summed E-state index contributed by atoms with van der Waals surface area (Å²) in [5, 5.41) is 0. The van der Waals surface area contributed by atoms with Gasteiger partial charge in [0, 0.05) is 6.08 Å². The van der Waals surface area contributed by atoms with Crippen LogP contribution in [-0.4, -0.2) is 12.6 Å². The molecule has 2 aliphatic carbocycles. The Morgan fingerprint density at radius 2 is 2.07 bits per heavy atom. The van der Waals surface area contributed by atoms with Crippen molar-refractivity contribution >= 4 is 5.97 Å². The largest absolute Gasteiger partial charge is 0.463 e. The first-order chi connectivity index (χ1) is 6.79. The number of carbonyl (C=O) groups is 1. The number of ether oxygens (including phenoxy) is 1. The molecule has 0 unspecified atom stereocenters. The zero-order chi connectivity index (χ0) is 9.97. The van der Waals surface area contributed by atoms with E-state index >= 15 is 0 Å². The molecule has 78 valence electrons. The number of hydrogen-bond acceptors (Lipinski definition) is 2. The average Bonchev–Trinajstić information content (AvgIpc) is 2.63. The molecule has 0 heterocycles. The highest BCUT2D eigenvalue weighted by Crippen LogP contribution is 2.46. The molecule has 14 heavy (non-hydrogen) atoms. The normalized spacial score (nSPS) is 33.4. The molecule has 2 saturated carbocycles. The summed E-state index contributed by atoms with van der Waals surface area (Å²) in [5.74, 6) is 1.59. The van der Waals surface area contributed by atoms with Crippen LogP contribution < -0.4 is 0 Å². The monoisotopic (exact) mass is 194 g/mol. The first-order valence-corrected chi connectivity index (χ1v) is 5.65. The summed E-state index contributed by atoms with van der Waals surface area (Å²) in [5.41, 5.74) is 1.32. The highest BCUT2D eigenvalue weighted by atomic mass is 16.5. The molecular formula is C12H18O2. The van der Waals surface area contributed by atoms with Gasteiger partial charge in [-0.1, -0.05) is 12.0 Å². The number of esters is 1. The molecule has 2 rings (SSSR count). The lowest BCUT2D eigenvalue weighted by atomic mass is 10.0. The Morgan fingerprint density at radius 1 is 1.43 bits per heavy atom. The van der Waals surface area contributed by atoms with Crippen LogP contribution in [0.15, 0.2) is 11.6 Å². The van der Waals surface area contributed by atoms with Crippen LogP contribution in [0.5, 0.6) is 0 Å². The van der Waals surface area contributed by atoms with Gasteiger partial charge in [-0.15, -0.1) is 0 Å². The van der Waals surface area contributed by atoms with E-state index < -0.39 is 0 Å². The van der Waals surface area contributed by atoms with Crippen LogP contribution in [0.25, 0.3) is 0 Å². The van der Waals surface area contributed by atoms with E-state index in [0.29, 0.717) is 6.61 Å². The fourth-order valence-corrected chi connectivity index (χ4v) is 2.88. The van der Waals surface area contributed by atoms with E-state index in [1.165, 1.54) is 24.8 Å². The topological polar surface area (TPSA) is 26.3 Å². The van der Waals surface area contributed by atoms with Gasteiger partial charge in [0.05, 0.1) is 6.61 Å². The number of hydrogen-bond donors (Lipinski definition) is 0. The van der Waals surface area contributed by atoms with Crippen molar-refractivity contribution in [3.63, 3.8) is 0 Å². The van der Waals surface area contributed by atoms with E-state index in [9.17, 15) is 4.79 Å². The number of rotatable bonds is 2. The van der Waals surface area contributed by atoms with Crippen LogP contribution in [-0.2, 0) is 9.53 Å². The van der Waals surface area contributed by atoms with Crippen molar-refractivity contribution in [2.24, 2.45) is 11.8 Å². The van der Waals surface area contributed by atoms with Gasteiger partial charge < -0.3 is 4.74 Å². The molecule has 0 saturated heterocycles. The Hall–Kier alpha value is -0.790. The summed E-state index contributed by atoms with van der Waals surface area (Å²) in [6, 6.07) is 0. The Morgan fingerprint density at radius 3 is 2.64 bits per heavy atom. The summed E-state index contributed by atoms with van der Waals surface area (Å²) < 4.78 is 4.91. The summed E-state index contributed by atoms with van der Waals surface area (Å²) in [6.45, 7) is 2.33. The molecule has 0 radical (unpaired) electrons. The van der Waals surface area contributed by atoms with Gasteiger partial charge in [0.15, 0.2) is 0 Å². The molecule has 2 aliphatic rings. The zero-order valence-corrected chi connectivity index (χ0v) is 8.79. The molecule has 0 spiro atoms. The second-order valence-corrected chi connectivity index (χ2v) is 4.41. The first-order valence-electron chi connectivity index (χ1n) is 5.65. The maximum atomic E-state index is 11.2. The molecule has 0 aromatic heterocycles. The van der Waals surface area contributed by atoms with Crippen LogP contribution >= 0.6 is 0 Å². The molecule has 2 atom stereocenters. The maximum absolute atomic E-state index is 11.2. The van der Waals surface area contributed by atoms with Crippen molar-refractivity contribution in [3.05, 3.63) is 11.6 Å². The molecule has 2 nitrogen and oxygen atoms in total. The Balaban J connectivity index is 1.91. The van der Waals surface area contributed by atoms with E-state index in [2.05, 4.69) is 0 Å². The van der Waals surface area contributed by atoms with E-state index in [-0.39, 0.29) is 5.97 Å². The Bertz CT molecular complexity index is 241. The third kappa shape index (κ3) is 1.99. The lowest BCUT2D eigenvalue weighted by Gasteiger charge is -2.04. The van der Waals surface area contributed by atoms with Crippen LogP contribution in [0.1, 0.15) is 39.0 Å². The third-order valence-corrected chi connectivity index (χ3v) is 3.47. The molecule has 0 bridgehead atoms. The van der Waals surface area contributed by atoms with Gasteiger partial charge in [0.2, 0.25) is 0 Å². The minimum atomic E-state index is -0.150. The number of allylic oxidation sites excluding steroid dienone is 1. The van der Waals surface area contributed by atoms with Crippen molar-refractivity contribution in [2.45, 2.75) is 39.0 Å². The van der Waals surface area contributed by atoms with Crippen LogP contribution in [0.3, 0.4) is 0 Å². The van der Waals surface area contributed by atoms with Gasteiger partial charge in [-0.25, -0.2) is 4.79 Å². The van der Waals surface area contributed by atoms with E-state index in [0.717, 1.165) is 24.7 Å². The Labute approximate surface area is 85.3 Å². The van der Waals surface area contributed by atoms with Gasteiger partial charge in [-0.05, 0) is 44.4 Å². The average molecular weight is 194 g/mol. The van der Waals surface area contributed by atoms with Crippen LogP contribution in [0.4, 0.5) is 0 Å². The van der Waals surface area contributed by atoms with Crippen LogP contribution in [0.2, 0.25) is 0 Å². The van der Waals surface area contributed by atoms with E-state index in [1.54, 1.807) is 6.08 Å². The molecule has 0 aromatic rings. The van der Waals surface area contributed by atoms with Gasteiger partial charge in [-0.3, -0.25) is 0 Å². The lowest BCUT2D eigenvalue weighted by molar-refractivity contribution is -0.137. The number of carbonyl (C=O) groups excluding carboxylic acids is 1. The molecular weight excluding hydrogens is 176 g/mol. The van der Waals surface area contributed by atoms with Gasteiger partial charge in [0.1, 0.15) is 0 Å². The molecule has 0 aromatic carbocycles. The summed E-state index contributed by atoms with van der Waals surface area (Å²) in [4.78, 5) is 11.2. The standard InChI is InChI=1S/C12H18O2/c1-2-14-12(13)8-9-6-10-4-3-5-11(10)7-9/h8,10-11H,2-7H2,1H3/t10-,11+. The second-order valence-electron chi connectivity index (χ2n) is 4.41. The fourth-order valence-electron chi connectivity index (χ4n) is 2.88. The summed E-state index contributed by atoms with van der Waals surface area (Å²) in [6.07, 6.45) is 8.13. The van der Waals surface area contributed by atoms with Crippen molar-refractivity contribution in [3.8, 4) is 0 Å². The molecule has 2 heteroatoms. The smallest absolute Gasteiger partial charge is 0.330 e. The van der Waals surface area contributed by atoms with Crippen LogP contribution in [0, 0.1) is 11.8 Å². The predicted molar refractivity (Wildman–Crippen MR) is 54.8 cm³/mol. The van der Waals surface area contributed by atoms with Gasteiger partial charge in [-0.2, -0.15) is 0 Å². The van der Waals surface area contributed by atoms with E-state index in [4.69, 9.17) is 4.74 Å². The lowest BCUT2D eigenvalue weighted by Crippen LogP contribution is -2.00. The van der Waals surface area contributed by atoms with Crippen molar-refractivity contribution in [2.75, 3.05) is 6.61 Å². The van der Waals surface area contributed by atoms with Crippen molar-refractivity contribution in [1.82, 2.24) is 0 Å². The first kappa shape index (κ1) is 9.75. The maximum Gasteiger partial charge on any atom is 0.330 e. The molecule has 2 fully saturated rings. The molecule has 0 aliphatic heterocycles. The fraction of sp³-hybridized carbons (Fsp3) is 0.750. The molecule has 0 N–H and O–H groups in total. The highest BCUT2D eigenvalue weighted by molar-refractivity contribution is 5.82. The molecule has 0 amide bonds. The SMILES string of the molecule is CCOC(=O)C=C1C[C@H]2CCC[C@H]2C1. The second kappa shape index (κ2) is 4.16. The summed E-state index contributed by atoms with van der Waals surface area (Å²) >= 11 is 0. The quantitative estimate of drug-likeness (QED) is 0.499. The van der Waals surface area contributed by atoms with Crippen molar-refractivity contribution < 1.29 is 9.53 Å². The Kier molecular flexibility index (Phi) is 2.90.